The Bertz CT molecular complexity index is 302. The van der Waals surface area contributed by atoms with E-state index >= 15 is 0 Å². The monoisotopic (exact) mass is 214 g/mol. The van der Waals surface area contributed by atoms with Crippen molar-refractivity contribution in [3.63, 3.8) is 0 Å². The highest BCUT2D eigenvalue weighted by atomic mass is 32.2. The molecule has 1 atom stereocenters. The summed E-state index contributed by atoms with van der Waals surface area (Å²) in [6.07, 6.45) is 0. The number of hydrogen-bond acceptors (Lipinski definition) is 5. The summed E-state index contributed by atoms with van der Waals surface area (Å²) in [5, 5.41) is 16.2. The molecule has 0 heterocycles. The lowest BCUT2D eigenvalue weighted by atomic mass is 10.7. The molecule has 76 valence electrons. The second kappa shape index (κ2) is 4.16. The van der Waals surface area contributed by atoms with Crippen molar-refractivity contribution in [2.75, 3.05) is 6.61 Å². The Morgan fingerprint density at radius 3 is 2.00 bits per heavy atom. The van der Waals surface area contributed by atoms with Gasteiger partial charge in [-0.25, -0.2) is 9.59 Å². The van der Waals surface area contributed by atoms with E-state index < -0.39 is 34.1 Å². The molecule has 1 unspecified atom stereocenters. The predicted molar refractivity (Wildman–Crippen MR) is 36.6 cm³/mol. The van der Waals surface area contributed by atoms with E-state index in [9.17, 15) is 18.0 Å². The van der Waals surface area contributed by atoms with Gasteiger partial charge in [-0.05, 0) is 0 Å². The van der Waals surface area contributed by atoms with Gasteiger partial charge in [0.15, 0.2) is 0 Å². The largest absolute Gasteiger partial charge is 0.480 e. The quantitative estimate of drug-likeness (QED) is 0.464. The van der Waals surface area contributed by atoms with Crippen molar-refractivity contribution in [3.8, 4) is 0 Å². The van der Waals surface area contributed by atoms with Crippen LogP contribution in [0.4, 0.5) is 0 Å². The van der Waals surface area contributed by atoms with E-state index in [1.54, 1.807) is 0 Å². The summed E-state index contributed by atoms with van der Waals surface area (Å²) in [7, 11) is -4.94. The van der Waals surface area contributed by atoms with Crippen molar-refractivity contribution >= 4 is 22.1 Å². The molecule has 8 nitrogen and oxygen atoms in total. The van der Waals surface area contributed by atoms with Crippen LogP contribution in [0.2, 0.25) is 0 Å². The Labute approximate surface area is 72.5 Å². The minimum atomic E-state index is -4.94. The van der Waals surface area contributed by atoms with Crippen molar-refractivity contribution in [2.45, 2.75) is 5.44 Å². The standard InChI is InChI=1S/C4H6O8S/c5-2(6)1-12-4(3(7)8)13(9,10)11/h4H,1H2,(H,5,6)(H,7,8)(H,9,10,11). The molecule has 0 aromatic carbocycles. The minimum Gasteiger partial charge on any atom is -0.480 e. The first kappa shape index (κ1) is 11.8. The maximum Gasteiger partial charge on any atom is 0.351 e. The van der Waals surface area contributed by atoms with Crippen LogP contribution in [-0.4, -0.2) is 47.2 Å². The minimum absolute atomic E-state index is 1.13. The Kier molecular flexibility index (Phi) is 3.78. The van der Waals surface area contributed by atoms with E-state index in [0.29, 0.717) is 0 Å². The highest BCUT2D eigenvalue weighted by Crippen LogP contribution is 2.00. The first-order valence-electron chi connectivity index (χ1n) is 2.77. The van der Waals surface area contributed by atoms with Crippen LogP contribution in [0.3, 0.4) is 0 Å². The average Bonchev–Trinajstić information content (AvgIpc) is 1.81. The fourth-order valence-corrected chi connectivity index (χ4v) is 0.926. The zero-order chi connectivity index (χ0) is 10.6. The molecule has 0 radical (unpaired) electrons. The van der Waals surface area contributed by atoms with Gasteiger partial charge < -0.3 is 14.9 Å². The topological polar surface area (TPSA) is 138 Å². The van der Waals surface area contributed by atoms with Gasteiger partial charge in [-0.3, -0.25) is 4.55 Å². The molecule has 3 N–H and O–H groups in total. The SMILES string of the molecule is O=C(O)COC(C(=O)O)S(=O)(=O)O. The third-order valence-electron chi connectivity index (χ3n) is 0.830. The smallest absolute Gasteiger partial charge is 0.351 e. The van der Waals surface area contributed by atoms with E-state index in [1.807, 2.05) is 0 Å². The van der Waals surface area contributed by atoms with Gasteiger partial charge in [0.2, 0.25) is 0 Å². The van der Waals surface area contributed by atoms with Crippen LogP contribution in [0, 0.1) is 0 Å². The lowest BCUT2D eigenvalue weighted by Crippen LogP contribution is -2.34. The Morgan fingerprint density at radius 1 is 1.31 bits per heavy atom. The average molecular weight is 214 g/mol. The molecule has 9 heteroatoms. The van der Waals surface area contributed by atoms with Crippen molar-refractivity contribution in [1.29, 1.82) is 0 Å². The van der Waals surface area contributed by atoms with Crippen molar-refractivity contribution in [1.82, 2.24) is 0 Å². The van der Waals surface area contributed by atoms with Gasteiger partial charge in [0.1, 0.15) is 6.61 Å². The van der Waals surface area contributed by atoms with Crippen LogP contribution >= 0.6 is 0 Å². The van der Waals surface area contributed by atoms with E-state index in [4.69, 9.17) is 14.8 Å². The highest BCUT2D eigenvalue weighted by Gasteiger charge is 2.32. The van der Waals surface area contributed by atoms with Gasteiger partial charge in [-0.15, -0.1) is 0 Å². The van der Waals surface area contributed by atoms with Crippen LogP contribution in [0.15, 0.2) is 0 Å². The van der Waals surface area contributed by atoms with Crippen LogP contribution in [-0.2, 0) is 24.4 Å². The maximum absolute atomic E-state index is 10.2. The van der Waals surface area contributed by atoms with Gasteiger partial charge in [0.25, 0.3) is 5.44 Å². The van der Waals surface area contributed by atoms with Crippen LogP contribution < -0.4 is 0 Å². The van der Waals surface area contributed by atoms with Crippen molar-refractivity contribution in [2.24, 2.45) is 0 Å². The van der Waals surface area contributed by atoms with Crippen molar-refractivity contribution < 1.29 is 37.5 Å². The molecule has 0 aromatic rings. The van der Waals surface area contributed by atoms with Gasteiger partial charge >= 0.3 is 22.1 Å². The first-order chi connectivity index (χ1) is 5.75. The molecule has 0 rings (SSSR count). The molecule has 0 aliphatic heterocycles. The van der Waals surface area contributed by atoms with E-state index in [2.05, 4.69) is 4.74 Å². The normalized spacial score (nSPS) is 13.6. The number of carbonyl (C=O) groups is 2. The third-order valence-corrected chi connectivity index (χ3v) is 1.71. The van der Waals surface area contributed by atoms with E-state index in [-0.39, 0.29) is 0 Å². The van der Waals surface area contributed by atoms with Crippen LogP contribution in [0.5, 0.6) is 0 Å². The summed E-state index contributed by atoms with van der Waals surface area (Å²) in [4.78, 5) is 20.0. The fourth-order valence-electron chi connectivity index (χ4n) is 0.432. The molecule has 0 fully saturated rings. The van der Waals surface area contributed by atoms with Gasteiger partial charge in [0.05, 0.1) is 0 Å². The van der Waals surface area contributed by atoms with Crippen LogP contribution in [0.25, 0.3) is 0 Å². The van der Waals surface area contributed by atoms with Gasteiger partial charge in [0, 0.05) is 0 Å². The Hall–Kier alpha value is -1.19. The summed E-state index contributed by atoms with van der Waals surface area (Å²) in [5.74, 6) is -3.53. The number of carboxylic acids is 2. The number of hydrogen-bond donors (Lipinski definition) is 3. The lowest BCUT2D eigenvalue weighted by molar-refractivity contribution is -0.151. The molecule has 0 aliphatic rings. The van der Waals surface area contributed by atoms with Gasteiger partial charge in [-0.1, -0.05) is 0 Å². The van der Waals surface area contributed by atoms with E-state index in [1.165, 1.54) is 0 Å². The summed E-state index contributed by atoms with van der Waals surface area (Å²) in [6, 6.07) is 0. The molecule has 0 bridgehead atoms. The molecular weight excluding hydrogens is 208 g/mol. The summed E-state index contributed by atoms with van der Waals surface area (Å²) in [6.45, 7) is -1.13. The lowest BCUT2D eigenvalue weighted by Gasteiger charge is -2.07. The van der Waals surface area contributed by atoms with Gasteiger partial charge in [-0.2, -0.15) is 8.42 Å². The van der Waals surface area contributed by atoms with E-state index in [0.717, 1.165) is 0 Å². The summed E-state index contributed by atoms with van der Waals surface area (Å²) < 4.78 is 32.6. The molecule has 0 spiro atoms. The summed E-state index contributed by atoms with van der Waals surface area (Å²) >= 11 is 0. The predicted octanol–water partition coefficient (Wildman–Crippen LogP) is -1.61. The molecule has 0 amide bonds. The van der Waals surface area contributed by atoms with Crippen molar-refractivity contribution in [3.05, 3.63) is 0 Å². The number of ether oxygens (including phenoxy) is 1. The fraction of sp³-hybridized carbons (Fsp3) is 0.500. The zero-order valence-electron chi connectivity index (χ0n) is 6.08. The maximum atomic E-state index is 10.2. The molecule has 0 saturated carbocycles. The molecule has 0 aliphatic carbocycles. The second-order valence-electron chi connectivity index (χ2n) is 1.89. The summed E-state index contributed by atoms with van der Waals surface area (Å²) in [5.41, 5.74) is -2.57. The van der Waals surface area contributed by atoms with Crippen LogP contribution in [0.1, 0.15) is 0 Å². The highest BCUT2D eigenvalue weighted by molar-refractivity contribution is 7.87. The molecule has 0 saturated heterocycles. The number of carboxylic acid groups (broad SMARTS) is 2. The second-order valence-corrected chi connectivity index (χ2v) is 3.35. The first-order valence-corrected chi connectivity index (χ1v) is 4.28. The number of aliphatic carboxylic acids is 2. The molecule has 0 aromatic heterocycles. The molecular formula is C4H6O8S. The number of rotatable bonds is 5. The third kappa shape index (κ3) is 4.40. The Balaban J connectivity index is 4.47. The Morgan fingerprint density at radius 2 is 1.77 bits per heavy atom. The zero-order valence-corrected chi connectivity index (χ0v) is 6.89. The molecule has 13 heavy (non-hydrogen) atoms.